The zero-order valence-electron chi connectivity index (χ0n) is 16.4. The van der Waals surface area contributed by atoms with Crippen molar-refractivity contribution in [1.82, 2.24) is 14.2 Å². The minimum Gasteiger partial charge on any atom is -0.477 e. The van der Waals surface area contributed by atoms with Crippen molar-refractivity contribution in [2.45, 2.75) is 6.29 Å². The Hall–Kier alpha value is -2.75. The number of rotatable bonds is 2. The number of fused-ring (bicyclic) bond motifs is 6. The SMILES string of the molecule is CN1CC2CN(C3N=Cc4c(n5c(sc6ccccc65)c(C(=O)O)c4=O)N3)CC2C1. The van der Waals surface area contributed by atoms with Gasteiger partial charge in [0, 0.05) is 32.4 Å². The summed E-state index contributed by atoms with van der Waals surface area (Å²) in [6.45, 7) is 4.15. The normalized spacial score (nSPS) is 26.2. The first-order valence-electron chi connectivity index (χ1n) is 10.1. The van der Waals surface area contributed by atoms with Gasteiger partial charge in [0.25, 0.3) is 0 Å². The summed E-state index contributed by atoms with van der Waals surface area (Å²) in [5, 5.41) is 13.2. The highest BCUT2D eigenvalue weighted by Gasteiger charge is 2.41. The largest absolute Gasteiger partial charge is 0.477 e. The molecule has 3 aromatic rings. The Balaban J connectivity index is 1.49. The van der Waals surface area contributed by atoms with Crippen LogP contribution in [0.1, 0.15) is 15.9 Å². The van der Waals surface area contributed by atoms with Gasteiger partial charge in [0.05, 0.1) is 15.8 Å². The van der Waals surface area contributed by atoms with E-state index in [1.54, 1.807) is 6.21 Å². The molecule has 1 aromatic carbocycles. The first-order chi connectivity index (χ1) is 14.5. The number of carbonyl (C=O) groups is 1. The molecule has 0 aliphatic carbocycles. The lowest BCUT2D eigenvalue weighted by atomic mass is 10.0. The van der Waals surface area contributed by atoms with E-state index in [2.05, 4.69) is 27.2 Å². The molecule has 3 aliphatic heterocycles. The molecular formula is C21H21N5O3S. The number of benzene rings is 1. The Morgan fingerprint density at radius 1 is 1.20 bits per heavy atom. The average molecular weight is 423 g/mol. The number of aromatic carboxylic acids is 1. The fourth-order valence-corrected chi connectivity index (χ4v) is 6.42. The number of hydrogen-bond donors (Lipinski definition) is 2. The Morgan fingerprint density at radius 3 is 2.67 bits per heavy atom. The van der Waals surface area contributed by atoms with Gasteiger partial charge in [-0.3, -0.25) is 19.1 Å². The average Bonchev–Trinajstić information content (AvgIpc) is 3.38. The molecule has 0 spiro atoms. The first kappa shape index (κ1) is 18.1. The molecule has 30 heavy (non-hydrogen) atoms. The van der Waals surface area contributed by atoms with Crippen LogP contribution in [-0.4, -0.2) is 71.0 Å². The highest BCUT2D eigenvalue weighted by Crippen LogP contribution is 2.35. The van der Waals surface area contributed by atoms with E-state index in [9.17, 15) is 14.7 Å². The molecule has 154 valence electrons. The molecular weight excluding hydrogens is 402 g/mol. The maximum Gasteiger partial charge on any atom is 0.342 e. The van der Waals surface area contributed by atoms with Gasteiger partial charge in [-0.15, -0.1) is 11.3 Å². The molecule has 0 radical (unpaired) electrons. The molecule has 2 aromatic heterocycles. The summed E-state index contributed by atoms with van der Waals surface area (Å²) in [6.07, 6.45) is 1.31. The lowest BCUT2D eigenvalue weighted by molar-refractivity contribution is 0.0697. The predicted molar refractivity (Wildman–Crippen MR) is 117 cm³/mol. The second kappa shape index (κ2) is 6.37. The maximum absolute atomic E-state index is 13.0. The van der Waals surface area contributed by atoms with Gasteiger partial charge in [-0.1, -0.05) is 12.1 Å². The number of carboxylic acids is 1. The lowest BCUT2D eigenvalue weighted by Gasteiger charge is -2.30. The second-order valence-electron chi connectivity index (χ2n) is 8.47. The van der Waals surface area contributed by atoms with E-state index in [0.29, 0.717) is 28.0 Å². The van der Waals surface area contributed by atoms with E-state index < -0.39 is 11.4 Å². The van der Waals surface area contributed by atoms with Crippen LogP contribution in [0, 0.1) is 11.8 Å². The van der Waals surface area contributed by atoms with Crippen LogP contribution in [0.2, 0.25) is 0 Å². The number of nitrogens with one attached hydrogen (secondary N) is 1. The monoisotopic (exact) mass is 423 g/mol. The zero-order valence-corrected chi connectivity index (χ0v) is 17.2. The van der Waals surface area contributed by atoms with E-state index in [4.69, 9.17) is 0 Å². The summed E-state index contributed by atoms with van der Waals surface area (Å²) < 4.78 is 2.82. The van der Waals surface area contributed by atoms with Crippen molar-refractivity contribution in [3.8, 4) is 0 Å². The molecule has 2 N–H and O–H groups in total. The molecule has 8 nitrogen and oxygen atoms in total. The smallest absolute Gasteiger partial charge is 0.342 e. The van der Waals surface area contributed by atoms with Crippen LogP contribution in [0.25, 0.3) is 15.0 Å². The highest BCUT2D eigenvalue weighted by atomic mass is 32.1. The van der Waals surface area contributed by atoms with E-state index in [1.807, 2.05) is 28.7 Å². The topological polar surface area (TPSA) is 89.7 Å². The van der Waals surface area contributed by atoms with Crippen LogP contribution < -0.4 is 10.7 Å². The van der Waals surface area contributed by atoms with E-state index in [-0.39, 0.29) is 11.9 Å². The zero-order chi connectivity index (χ0) is 20.6. The van der Waals surface area contributed by atoms with Gasteiger partial charge in [0.15, 0.2) is 6.29 Å². The van der Waals surface area contributed by atoms with Crippen LogP contribution in [-0.2, 0) is 0 Å². The molecule has 9 heteroatoms. The molecule has 2 fully saturated rings. The molecule has 3 atom stereocenters. The summed E-state index contributed by atoms with van der Waals surface area (Å²) in [5.41, 5.74) is 0.514. The summed E-state index contributed by atoms with van der Waals surface area (Å²) >= 11 is 1.33. The fourth-order valence-electron chi connectivity index (χ4n) is 5.24. The maximum atomic E-state index is 13.0. The number of anilines is 1. The van der Waals surface area contributed by atoms with Crippen molar-refractivity contribution in [2.75, 3.05) is 38.5 Å². The lowest BCUT2D eigenvalue weighted by Crippen LogP contribution is -2.43. The van der Waals surface area contributed by atoms with Gasteiger partial charge in [-0.25, -0.2) is 4.79 Å². The fraction of sp³-hybridized carbons (Fsp3) is 0.381. The van der Waals surface area contributed by atoms with Gasteiger partial charge in [-0.2, -0.15) is 0 Å². The van der Waals surface area contributed by atoms with Crippen LogP contribution >= 0.6 is 11.3 Å². The van der Waals surface area contributed by atoms with Crippen molar-refractivity contribution < 1.29 is 9.90 Å². The van der Waals surface area contributed by atoms with E-state index in [1.165, 1.54) is 11.3 Å². The quantitative estimate of drug-likeness (QED) is 0.654. The minimum atomic E-state index is -1.21. The van der Waals surface area contributed by atoms with E-state index in [0.717, 1.165) is 36.4 Å². The second-order valence-corrected chi connectivity index (χ2v) is 9.50. The number of aromatic nitrogens is 1. The van der Waals surface area contributed by atoms with Crippen molar-refractivity contribution in [3.63, 3.8) is 0 Å². The van der Waals surface area contributed by atoms with Gasteiger partial charge in [0.1, 0.15) is 16.2 Å². The molecule has 3 aliphatic rings. The van der Waals surface area contributed by atoms with Crippen LogP contribution in [0.5, 0.6) is 0 Å². The third-order valence-corrected chi connectivity index (χ3v) is 7.69. The summed E-state index contributed by atoms with van der Waals surface area (Å²) in [4.78, 5) is 34.7. The molecule has 0 bridgehead atoms. The number of para-hydroxylation sites is 1. The van der Waals surface area contributed by atoms with Crippen LogP contribution in [0.15, 0.2) is 34.1 Å². The number of thiazole rings is 1. The van der Waals surface area contributed by atoms with Crippen molar-refractivity contribution in [2.24, 2.45) is 16.8 Å². The molecule has 6 rings (SSSR count). The molecule has 5 heterocycles. The number of nitrogens with zero attached hydrogens (tertiary/aromatic N) is 4. The number of aliphatic imine (C=N–C) groups is 1. The molecule has 2 saturated heterocycles. The van der Waals surface area contributed by atoms with Crippen LogP contribution in [0.3, 0.4) is 0 Å². The van der Waals surface area contributed by atoms with Gasteiger partial charge < -0.3 is 15.3 Å². The van der Waals surface area contributed by atoms with Crippen LogP contribution in [0.4, 0.5) is 5.82 Å². The molecule has 0 amide bonds. The van der Waals surface area contributed by atoms with Crippen molar-refractivity contribution in [3.05, 3.63) is 45.6 Å². The van der Waals surface area contributed by atoms with Gasteiger partial charge in [0.2, 0.25) is 5.43 Å². The molecule has 3 unspecified atom stereocenters. The van der Waals surface area contributed by atoms with Crippen molar-refractivity contribution >= 4 is 44.4 Å². The van der Waals surface area contributed by atoms with Crippen molar-refractivity contribution in [1.29, 1.82) is 0 Å². The standard InChI is InChI=1S/C21H21N5O3S/c1-24-7-11-9-25(10-12(11)8-24)21-22-6-13-17(27)16(20(28)29)19-26(18(13)23-21)14-4-2-3-5-15(14)30-19/h2-6,11-12,21,23H,7-10H2,1H3,(H,28,29). The number of carboxylic acid groups (broad SMARTS) is 1. The highest BCUT2D eigenvalue weighted by molar-refractivity contribution is 7.24. The van der Waals surface area contributed by atoms with Gasteiger partial charge in [-0.05, 0) is 31.0 Å². The minimum absolute atomic E-state index is 0.194. The molecule has 0 saturated carbocycles. The Labute approximate surface area is 176 Å². The summed E-state index contributed by atoms with van der Waals surface area (Å²) in [5.74, 6) is 0.713. The Morgan fingerprint density at radius 2 is 1.93 bits per heavy atom. The summed E-state index contributed by atoms with van der Waals surface area (Å²) in [7, 11) is 2.17. The van der Waals surface area contributed by atoms with E-state index >= 15 is 0 Å². The Kier molecular flexibility index (Phi) is 3.83. The predicted octanol–water partition coefficient (Wildman–Crippen LogP) is 1.83. The third kappa shape index (κ3) is 2.49. The summed E-state index contributed by atoms with van der Waals surface area (Å²) in [6, 6.07) is 7.74. The third-order valence-electron chi connectivity index (χ3n) is 6.55. The first-order valence-corrected chi connectivity index (χ1v) is 10.9. The van der Waals surface area contributed by atoms with Gasteiger partial charge >= 0.3 is 5.97 Å². The number of likely N-dealkylation sites (tertiary alicyclic amines) is 2. The Bertz CT molecular complexity index is 1280. The number of pyridine rings is 1. The number of hydrogen-bond acceptors (Lipinski definition) is 7.